The second-order valence-corrected chi connectivity index (χ2v) is 7.03. The summed E-state index contributed by atoms with van der Waals surface area (Å²) < 4.78 is 21.9. The Morgan fingerprint density at radius 3 is 2.38 bits per heavy atom. The number of rotatable bonds is 8. The maximum atomic E-state index is 12.1. The minimum atomic E-state index is -0.381. The average Bonchev–Trinajstić information content (AvgIpc) is 3.31. The van der Waals surface area contributed by atoms with E-state index in [1.807, 2.05) is 73.7 Å². The number of aryl methyl sites for hydroxylation is 1. The molecule has 1 heterocycles. The molecule has 0 N–H and O–H groups in total. The van der Waals surface area contributed by atoms with Crippen molar-refractivity contribution in [1.29, 1.82) is 0 Å². The highest BCUT2D eigenvalue weighted by atomic mass is 16.5. The van der Waals surface area contributed by atoms with Gasteiger partial charge in [-0.1, -0.05) is 47.6 Å². The first-order valence-corrected chi connectivity index (χ1v) is 10.0. The van der Waals surface area contributed by atoms with Crippen molar-refractivity contribution in [2.24, 2.45) is 0 Å². The molecule has 0 spiro atoms. The Bertz CT molecular complexity index is 1200. The van der Waals surface area contributed by atoms with Crippen LogP contribution in [0.3, 0.4) is 0 Å². The lowest BCUT2D eigenvalue weighted by molar-refractivity contribution is 0.0597. The van der Waals surface area contributed by atoms with Crippen molar-refractivity contribution in [3.63, 3.8) is 0 Å². The van der Waals surface area contributed by atoms with E-state index in [9.17, 15) is 4.79 Å². The van der Waals surface area contributed by atoms with Crippen LogP contribution in [0.5, 0.6) is 11.5 Å². The van der Waals surface area contributed by atoms with Crippen LogP contribution in [0.4, 0.5) is 0 Å². The van der Waals surface area contributed by atoms with E-state index in [2.05, 4.69) is 10.1 Å². The topological polar surface area (TPSA) is 83.7 Å². The normalized spacial score (nSPS) is 10.6. The highest BCUT2D eigenvalue weighted by Gasteiger charge is 2.15. The van der Waals surface area contributed by atoms with Crippen molar-refractivity contribution in [3.8, 4) is 23.0 Å². The summed E-state index contributed by atoms with van der Waals surface area (Å²) in [5.74, 6) is 1.72. The second kappa shape index (κ2) is 9.78. The zero-order chi connectivity index (χ0) is 22.3. The van der Waals surface area contributed by atoms with Crippen LogP contribution in [-0.4, -0.2) is 23.2 Å². The van der Waals surface area contributed by atoms with Crippen LogP contribution in [0.2, 0.25) is 0 Å². The molecule has 1 aromatic heterocycles. The van der Waals surface area contributed by atoms with E-state index in [1.165, 1.54) is 7.11 Å². The number of methoxy groups -OCH3 is 1. The van der Waals surface area contributed by atoms with E-state index in [0.29, 0.717) is 28.8 Å². The third kappa shape index (κ3) is 4.95. The lowest BCUT2D eigenvalue weighted by Crippen LogP contribution is -2.10. The van der Waals surface area contributed by atoms with E-state index in [1.54, 1.807) is 6.07 Å². The van der Waals surface area contributed by atoms with Crippen molar-refractivity contribution in [3.05, 3.63) is 95.3 Å². The van der Waals surface area contributed by atoms with Crippen molar-refractivity contribution >= 4 is 5.97 Å². The summed E-state index contributed by atoms with van der Waals surface area (Å²) in [5.41, 5.74) is 2.96. The molecule has 162 valence electrons. The molecule has 0 aliphatic rings. The number of aromatic nitrogens is 2. The summed E-state index contributed by atoms with van der Waals surface area (Å²) in [6, 6.07) is 22.4. The van der Waals surface area contributed by atoms with Gasteiger partial charge in [-0.15, -0.1) is 0 Å². The molecule has 0 unspecified atom stereocenters. The first-order valence-electron chi connectivity index (χ1n) is 10.0. The lowest BCUT2D eigenvalue weighted by atomic mass is 10.0. The fourth-order valence-electron chi connectivity index (χ4n) is 3.22. The maximum absolute atomic E-state index is 12.1. The molecule has 4 aromatic rings. The van der Waals surface area contributed by atoms with Gasteiger partial charge in [-0.05, 0) is 36.8 Å². The van der Waals surface area contributed by atoms with E-state index in [0.717, 1.165) is 16.7 Å². The number of benzene rings is 3. The standard InChI is InChI=1S/C25H22N2O5/c1-17-8-6-11-19(23(17)25(28)29-2)15-30-20-12-7-13-21(14-20)31-16-22-26-24(32-27-22)18-9-4-3-5-10-18/h3-14H,15-16H2,1-2H3. The first-order chi connectivity index (χ1) is 15.6. The largest absolute Gasteiger partial charge is 0.489 e. The lowest BCUT2D eigenvalue weighted by Gasteiger charge is -2.13. The third-order valence-electron chi connectivity index (χ3n) is 4.81. The predicted octanol–water partition coefficient (Wildman–Crippen LogP) is 4.99. The number of hydrogen-bond donors (Lipinski definition) is 0. The fourth-order valence-corrected chi connectivity index (χ4v) is 3.22. The van der Waals surface area contributed by atoms with E-state index < -0.39 is 0 Å². The fraction of sp³-hybridized carbons (Fsp3) is 0.160. The SMILES string of the molecule is COC(=O)c1c(C)cccc1COc1cccc(OCc2noc(-c3ccccc3)n2)c1. The Labute approximate surface area is 185 Å². The highest BCUT2D eigenvalue weighted by Crippen LogP contribution is 2.23. The number of ether oxygens (including phenoxy) is 3. The quantitative estimate of drug-likeness (QED) is 0.364. The smallest absolute Gasteiger partial charge is 0.338 e. The molecule has 3 aromatic carbocycles. The molecule has 4 rings (SSSR count). The van der Waals surface area contributed by atoms with Crippen LogP contribution in [0.15, 0.2) is 77.3 Å². The van der Waals surface area contributed by atoms with Crippen molar-refractivity contribution in [1.82, 2.24) is 10.1 Å². The molecule has 0 aliphatic heterocycles. The monoisotopic (exact) mass is 430 g/mol. The molecule has 0 amide bonds. The van der Waals surface area contributed by atoms with Crippen molar-refractivity contribution in [2.75, 3.05) is 7.11 Å². The molecule has 7 nitrogen and oxygen atoms in total. The van der Waals surface area contributed by atoms with E-state index >= 15 is 0 Å². The molecule has 0 atom stereocenters. The van der Waals surface area contributed by atoms with Gasteiger partial charge in [-0.2, -0.15) is 4.98 Å². The van der Waals surface area contributed by atoms with Gasteiger partial charge in [-0.25, -0.2) is 4.79 Å². The molecule has 0 aliphatic carbocycles. The number of hydrogen-bond acceptors (Lipinski definition) is 7. The highest BCUT2D eigenvalue weighted by molar-refractivity contribution is 5.92. The van der Waals surface area contributed by atoms with Crippen molar-refractivity contribution in [2.45, 2.75) is 20.1 Å². The first kappa shape index (κ1) is 21.1. The van der Waals surface area contributed by atoms with Crippen molar-refractivity contribution < 1.29 is 23.5 Å². The Morgan fingerprint density at radius 2 is 1.62 bits per heavy atom. The minimum Gasteiger partial charge on any atom is -0.489 e. The second-order valence-electron chi connectivity index (χ2n) is 7.03. The molecular formula is C25H22N2O5. The Hall–Kier alpha value is -4.13. The van der Waals surface area contributed by atoms with Gasteiger partial charge in [0, 0.05) is 17.2 Å². The van der Waals surface area contributed by atoms with Crippen LogP contribution in [0, 0.1) is 6.92 Å². The number of carbonyl (C=O) groups excluding carboxylic acids is 1. The van der Waals surface area contributed by atoms with Gasteiger partial charge in [-0.3, -0.25) is 0 Å². The van der Waals surface area contributed by atoms with Crippen LogP contribution < -0.4 is 9.47 Å². The summed E-state index contributed by atoms with van der Waals surface area (Å²) in [5, 5.41) is 3.96. The average molecular weight is 430 g/mol. The molecule has 7 heteroatoms. The molecule has 0 radical (unpaired) electrons. The minimum absolute atomic E-state index is 0.157. The Balaban J connectivity index is 1.39. The maximum Gasteiger partial charge on any atom is 0.338 e. The number of carbonyl (C=O) groups is 1. The third-order valence-corrected chi connectivity index (χ3v) is 4.81. The Kier molecular flexibility index (Phi) is 6.46. The van der Waals surface area contributed by atoms with Crippen LogP contribution in [0.25, 0.3) is 11.5 Å². The summed E-state index contributed by atoms with van der Waals surface area (Å²) in [7, 11) is 1.37. The predicted molar refractivity (Wildman–Crippen MR) is 117 cm³/mol. The van der Waals surface area contributed by atoms with Gasteiger partial charge in [0.25, 0.3) is 5.89 Å². The van der Waals surface area contributed by atoms with Gasteiger partial charge in [0.05, 0.1) is 12.7 Å². The summed E-state index contributed by atoms with van der Waals surface area (Å²) >= 11 is 0. The van der Waals surface area contributed by atoms with Crippen LogP contribution >= 0.6 is 0 Å². The molecule has 0 bridgehead atoms. The molecular weight excluding hydrogens is 408 g/mol. The van der Waals surface area contributed by atoms with Gasteiger partial charge < -0.3 is 18.7 Å². The van der Waals surface area contributed by atoms with E-state index in [4.69, 9.17) is 18.7 Å². The summed E-state index contributed by atoms with van der Waals surface area (Å²) in [4.78, 5) is 16.5. The zero-order valence-electron chi connectivity index (χ0n) is 17.8. The van der Waals surface area contributed by atoms with Crippen LogP contribution in [-0.2, 0) is 18.0 Å². The number of esters is 1. The summed E-state index contributed by atoms with van der Waals surface area (Å²) in [6.07, 6.45) is 0. The van der Waals surface area contributed by atoms with Gasteiger partial charge in [0.15, 0.2) is 6.61 Å². The summed E-state index contributed by atoms with van der Waals surface area (Å²) in [6.45, 7) is 2.25. The number of nitrogens with zero attached hydrogens (tertiary/aromatic N) is 2. The van der Waals surface area contributed by atoms with Gasteiger partial charge >= 0.3 is 5.97 Å². The zero-order valence-corrected chi connectivity index (χ0v) is 17.8. The van der Waals surface area contributed by atoms with Gasteiger partial charge in [0.2, 0.25) is 5.82 Å². The van der Waals surface area contributed by atoms with E-state index in [-0.39, 0.29) is 19.2 Å². The Morgan fingerprint density at radius 1 is 0.906 bits per heavy atom. The molecule has 0 fully saturated rings. The van der Waals surface area contributed by atoms with Gasteiger partial charge in [0.1, 0.15) is 18.1 Å². The molecule has 32 heavy (non-hydrogen) atoms. The molecule has 0 saturated carbocycles. The van der Waals surface area contributed by atoms with Crippen LogP contribution in [0.1, 0.15) is 27.3 Å². The molecule has 0 saturated heterocycles.